The summed E-state index contributed by atoms with van der Waals surface area (Å²) < 4.78 is 10.8. The topological polar surface area (TPSA) is 64.4 Å². The van der Waals surface area contributed by atoms with Crippen molar-refractivity contribution in [3.63, 3.8) is 0 Å². The van der Waals surface area contributed by atoms with Crippen LogP contribution in [-0.4, -0.2) is 18.0 Å². The molecule has 1 aromatic heterocycles. The lowest BCUT2D eigenvalue weighted by molar-refractivity contribution is 0.102. The molecule has 1 amide bonds. The van der Waals surface area contributed by atoms with Crippen LogP contribution in [0.25, 0.3) is 11.1 Å². The Morgan fingerprint density at radius 3 is 2.50 bits per heavy atom. The number of nitrogens with zero attached hydrogens (tertiary/aromatic N) is 1. The van der Waals surface area contributed by atoms with Crippen LogP contribution in [0.15, 0.2) is 82.4 Å². The molecule has 28 heavy (non-hydrogen) atoms. The number of fused-ring (bicyclic) bond motifs is 1. The molecule has 0 radical (unpaired) electrons. The van der Waals surface area contributed by atoms with E-state index in [9.17, 15) is 4.79 Å². The van der Waals surface area contributed by atoms with Crippen LogP contribution in [0.4, 0.5) is 5.69 Å². The highest BCUT2D eigenvalue weighted by Crippen LogP contribution is 2.26. The number of amides is 1. The normalized spacial score (nSPS) is 10.8. The Bertz CT molecular complexity index is 1060. The molecule has 0 bridgehead atoms. The van der Waals surface area contributed by atoms with Gasteiger partial charge in [-0.3, -0.25) is 4.79 Å². The monoisotopic (exact) mass is 390 g/mol. The maximum Gasteiger partial charge on any atom is 0.257 e. The summed E-state index contributed by atoms with van der Waals surface area (Å²) >= 11 is 1.53. The number of carbonyl (C=O) groups is 1. The summed E-state index contributed by atoms with van der Waals surface area (Å²) in [4.78, 5) is 16.8. The Hall–Kier alpha value is -3.25. The number of benzene rings is 3. The van der Waals surface area contributed by atoms with E-state index in [-0.39, 0.29) is 5.91 Å². The fraction of sp³-hybridized carbons (Fsp3) is 0.0909. The fourth-order valence-electron chi connectivity index (χ4n) is 2.69. The number of rotatable bonds is 6. The minimum atomic E-state index is -0.150. The summed E-state index contributed by atoms with van der Waals surface area (Å²) in [5, 5.41) is 3.52. The summed E-state index contributed by atoms with van der Waals surface area (Å²) in [7, 11) is 1.61. The second kappa shape index (κ2) is 8.19. The van der Waals surface area contributed by atoms with Gasteiger partial charge in [0.25, 0.3) is 11.1 Å². The number of nitrogens with one attached hydrogen (secondary N) is 1. The minimum Gasteiger partial charge on any atom is -0.497 e. The molecular weight excluding hydrogens is 372 g/mol. The van der Waals surface area contributed by atoms with Crippen LogP contribution in [0.5, 0.6) is 5.75 Å². The molecule has 3 aromatic carbocycles. The van der Waals surface area contributed by atoms with Crippen molar-refractivity contribution in [3.8, 4) is 5.75 Å². The Balaban J connectivity index is 1.36. The molecule has 4 aromatic rings. The van der Waals surface area contributed by atoms with E-state index in [2.05, 4.69) is 10.3 Å². The van der Waals surface area contributed by atoms with Gasteiger partial charge in [-0.25, -0.2) is 4.98 Å². The first kappa shape index (κ1) is 18.1. The van der Waals surface area contributed by atoms with Gasteiger partial charge in [0, 0.05) is 17.0 Å². The highest BCUT2D eigenvalue weighted by Gasteiger charge is 2.08. The van der Waals surface area contributed by atoms with Gasteiger partial charge in [0.05, 0.1) is 7.11 Å². The predicted octanol–water partition coefficient (Wildman–Crippen LogP) is 5.38. The molecule has 6 heteroatoms. The zero-order chi connectivity index (χ0) is 19.3. The van der Waals surface area contributed by atoms with Gasteiger partial charge in [-0.05, 0) is 54.1 Å². The van der Waals surface area contributed by atoms with E-state index in [4.69, 9.17) is 9.15 Å². The smallest absolute Gasteiger partial charge is 0.257 e. The standard InChI is InChI=1S/C22H18N2O3S/c1-26-18-12-10-17(11-13-18)23-21(25)16-8-6-15(7-9-16)14-28-22-24-19-4-2-3-5-20(19)27-22/h2-13H,14H2,1H3,(H,23,25). The quantitative estimate of drug-likeness (QED) is 0.448. The van der Waals surface area contributed by atoms with E-state index in [0.29, 0.717) is 16.5 Å². The Labute approximate surface area is 166 Å². The second-order valence-corrected chi connectivity index (χ2v) is 7.04. The van der Waals surface area contributed by atoms with Gasteiger partial charge in [0.15, 0.2) is 5.58 Å². The second-order valence-electron chi connectivity index (χ2n) is 6.12. The lowest BCUT2D eigenvalue weighted by Gasteiger charge is -2.07. The van der Waals surface area contributed by atoms with Crippen LogP contribution in [0.2, 0.25) is 0 Å². The molecule has 0 atom stereocenters. The number of ether oxygens (including phenoxy) is 1. The third-order valence-corrected chi connectivity index (χ3v) is 5.10. The third kappa shape index (κ3) is 4.18. The van der Waals surface area contributed by atoms with Gasteiger partial charge in [-0.15, -0.1) is 0 Å². The summed E-state index contributed by atoms with van der Waals surface area (Å²) in [5.41, 5.74) is 4.06. The fourth-order valence-corrected chi connectivity index (χ4v) is 3.48. The number of para-hydroxylation sites is 2. The van der Waals surface area contributed by atoms with Crippen LogP contribution < -0.4 is 10.1 Å². The van der Waals surface area contributed by atoms with Gasteiger partial charge in [0.2, 0.25) is 0 Å². The number of oxazole rings is 1. The molecule has 0 saturated carbocycles. The lowest BCUT2D eigenvalue weighted by atomic mass is 10.1. The molecule has 1 heterocycles. The van der Waals surface area contributed by atoms with Crippen LogP contribution in [0.1, 0.15) is 15.9 Å². The molecule has 0 spiro atoms. The van der Waals surface area contributed by atoms with Crippen LogP contribution in [0, 0.1) is 0 Å². The predicted molar refractivity (Wildman–Crippen MR) is 111 cm³/mol. The van der Waals surface area contributed by atoms with Gasteiger partial charge in [-0.1, -0.05) is 36.0 Å². The highest BCUT2D eigenvalue weighted by atomic mass is 32.2. The first-order chi connectivity index (χ1) is 13.7. The zero-order valence-corrected chi connectivity index (χ0v) is 16.0. The Morgan fingerprint density at radius 1 is 1.04 bits per heavy atom. The number of aromatic nitrogens is 1. The molecule has 1 N–H and O–H groups in total. The van der Waals surface area contributed by atoms with E-state index >= 15 is 0 Å². The average Bonchev–Trinajstić information content (AvgIpc) is 3.16. The van der Waals surface area contributed by atoms with Gasteiger partial charge < -0.3 is 14.5 Å². The average molecular weight is 390 g/mol. The molecule has 0 unspecified atom stereocenters. The molecule has 0 saturated heterocycles. The third-order valence-electron chi connectivity index (χ3n) is 4.20. The summed E-state index contributed by atoms with van der Waals surface area (Å²) in [6.45, 7) is 0. The Kier molecular flexibility index (Phi) is 5.30. The number of hydrogen-bond donors (Lipinski definition) is 1. The number of anilines is 1. The SMILES string of the molecule is COc1ccc(NC(=O)c2ccc(CSc3nc4ccccc4o3)cc2)cc1. The Morgan fingerprint density at radius 2 is 1.79 bits per heavy atom. The molecule has 5 nitrogen and oxygen atoms in total. The lowest BCUT2D eigenvalue weighted by Crippen LogP contribution is -2.11. The van der Waals surface area contributed by atoms with Gasteiger partial charge >= 0.3 is 0 Å². The minimum absolute atomic E-state index is 0.150. The number of hydrogen-bond acceptors (Lipinski definition) is 5. The summed E-state index contributed by atoms with van der Waals surface area (Å²) in [6.07, 6.45) is 0. The molecule has 0 aliphatic rings. The summed E-state index contributed by atoms with van der Waals surface area (Å²) in [5.74, 6) is 1.31. The molecule has 0 fully saturated rings. The van der Waals surface area contributed by atoms with Gasteiger partial charge in [0.1, 0.15) is 11.3 Å². The van der Waals surface area contributed by atoms with Gasteiger partial charge in [-0.2, -0.15) is 0 Å². The molecule has 140 valence electrons. The molecule has 0 aliphatic carbocycles. The van der Waals surface area contributed by atoms with Crippen molar-refractivity contribution < 1.29 is 13.9 Å². The molecule has 4 rings (SSSR count). The van der Waals surface area contributed by atoms with Crippen LogP contribution >= 0.6 is 11.8 Å². The van der Waals surface area contributed by atoms with Crippen molar-refractivity contribution >= 4 is 34.5 Å². The number of carbonyl (C=O) groups excluding carboxylic acids is 1. The first-order valence-electron chi connectivity index (χ1n) is 8.74. The largest absolute Gasteiger partial charge is 0.497 e. The highest BCUT2D eigenvalue weighted by molar-refractivity contribution is 7.98. The van der Waals surface area contributed by atoms with E-state index in [0.717, 1.165) is 28.1 Å². The number of thioether (sulfide) groups is 1. The van der Waals surface area contributed by atoms with Crippen molar-refractivity contribution in [1.82, 2.24) is 4.98 Å². The van der Waals surface area contributed by atoms with Crippen molar-refractivity contribution in [1.29, 1.82) is 0 Å². The van der Waals surface area contributed by atoms with Crippen molar-refractivity contribution in [2.75, 3.05) is 12.4 Å². The first-order valence-corrected chi connectivity index (χ1v) is 9.72. The summed E-state index contributed by atoms with van der Waals surface area (Å²) in [6, 6.07) is 22.5. The van der Waals surface area contributed by atoms with E-state index < -0.39 is 0 Å². The van der Waals surface area contributed by atoms with Crippen LogP contribution in [0.3, 0.4) is 0 Å². The maximum absolute atomic E-state index is 12.4. The van der Waals surface area contributed by atoms with E-state index in [1.54, 1.807) is 7.11 Å². The molecule has 0 aliphatic heterocycles. The van der Waals surface area contributed by atoms with E-state index in [1.165, 1.54) is 11.8 Å². The zero-order valence-electron chi connectivity index (χ0n) is 15.2. The maximum atomic E-state index is 12.4. The molecular formula is C22H18N2O3S. The van der Waals surface area contributed by atoms with Crippen LogP contribution in [-0.2, 0) is 5.75 Å². The van der Waals surface area contributed by atoms with E-state index in [1.807, 2.05) is 72.8 Å². The van der Waals surface area contributed by atoms with Crippen molar-refractivity contribution in [2.45, 2.75) is 11.0 Å². The van der Waals surface area contributed by atoms with Crippen molar-refractivity contribution in [3.05, 3.63) is 83.9 Å². The number of methoxy groups -OCH3 is 1. The van der Waals surface area contributed by atoms with Crippen molar-refractivity contribution in [2.24, 2.45) is 0 Å².